The molecule has 3 heterocycles. The highest BCUT2D eigenvalue weighted by Crippen LogP contribution is 2.27. The van der Waals surface area contributed by atoms with E-state index in [0.717, 1.165) is 37.1 Å². The van der Waals surface area contributed by atoms with E-state index in [1.54, 1.807) is 0 Å². The summed E-state index contributed by atoms with van der Waals surface area (Å²) in [5, 5.41) is 0.491. The van der Waals surface area contributed by atoms with Crippen molar-refractivity contribution in [3.05, 3.63) is 46.5 Å². The van der Waals surface area contributed by atoms with Gasteiger partial charge in [0.15, 0.2) is 4.83 Å². The Morgan fingerprint density at radius 1 is 1.20 bits per heavy atom. The Morgan fingerprint density at radius 3 is 2.64 bits per heavy atom. The van der Waals surface area contributed by atoms with Crippen molar-refractivity contribution in [1.29, 1.82) is 0 Å². The number of hydrogen-bond acceptors (Lipinski definition) is 5. The van der Waals surface area contributed by atoms with E-state index in [0.29, 0.717) is 15.9 Å². The van der Waals surface area contributed by atoms with Crippen LogP contribution in [0.3, 0.4) is 0 Å². The van der Waals surface area contributed by atoms with Crippen molar-refractivity contribution in [3.8, 4) is 11.3 Å². The third kappa shape index (κ3) is 2.95. The summed E-state index contributed by atoms with van der Waals surface area (Å²) in [5.74, 6) is -0.0270. The lowest BCUT2D eigenvalue weighted by Crippen LogP contribution is -2.34. The lowest BCUT2D eigenvalue weighted by atomic mass is 10.1. The van der Waals surface area contributed by atoms with Crippen LogP contribution in [0.2, 0.25) is 0 Å². The highest BCUT2D eigenvalue weighted by molar-refractivity contribution is 7.13. The Balaban J connectivity index is 1.74. The first-order valence-electron chi connectivity index (χ1n) is 8.33. The molecule has 0 saturated carbocycles. The lowest BCUT2D eigenvalue weighted by molar-refractivity contribution is -0.130. The summed E-state index contributed by atoms with van der Waals surface area (Å²) in [6.45, 7) is 3.60. The van der Waals surface area contributed by atoms with Crippen LogP contribution in [0.15, 0.2) is 35.4 Å². The second kappa shape index (κ2) is 6.40. The van der Waals surface area contributed by atoms with E-state index in [1.807, 2.05) is 36.1 Å². The molecule has 1 fully saturated rings. The molecule has 7 heteroatoms. The average molecular weight is 354 g/mol. The maximum absolute atomic E-state index is 12.9. The van der Waals surface area contributed by atoms with Crippen LogP contribution in [0.25, 0.3) is 21.5 Å². The minimum atomic E-state index is -0.207. The maximum atomic E-state index is 12.9. The van der Waals surface area contributed by atoms with Gasteiger partial charge in [0.2, 0.25) is 5.91 Å². The molecule has 1 amide bonds. The Bertz CT molecular complexity index is 984. The number of hydrogen-bond donors (Lipinski definition) is 0. The zero-order valence-corrected chi connectivity index (χ0v) is 14.8. The van der Waals surface area contributed by atoms with Crippen molar-refractivity contribution in [2.24, 2.45) is 0 Å². The molecule has 2 aromatic heterocycles. The van der Waals surface area contributed by atoms with Crippen molar-refractivity contribution >= 4 is 27.7 Å². The van der Waals surface area contributed by atoms with Gasteiger partial charge in [0.05, 0.1) is 12.0 Å². The minimum Gasteiger partial charge on any atom is -0.341 e. The number of nitrogens with zero attached hydrogens (tertiary/aromatic N) is 4. The van der Waals surface area contributed by atoms with E-state index in [2.05, 4.69) is 9.36 Å². The number of aromatic nitrogens is 3. The molecule has 1 aliphatic rings. The highest BCUT2D eigenvalue weighted by Gasteiger charge is 2.20. The molecule has 0 spiro atoms. The first kappa shape index (κ1) is 16.0. The summed E-state index contributed by atoms with van der Waals surface area (Å²) < 4.78 is 5.82. The topological polar surface area (TPSA) is 68.1 Å². The zero-order valence-electron chi connectivity index (χ0n) is 13.9. The molecule has 128 valence electrons. The Kier molecular flexibility index (Phi) is 4.09. The number of aryl methyl sites for hydroxylation is 1. The third-order valence-corrected chi connectivity index (χ3v) is 5.31. The van der Waals surface area contributed by atoms with Crippen LogP contribution in [-0.2, 0) is 11.3 Å². The van der Waals surface area contributed by atoms with Gasteiger partial charge in [0, 0.05) is 18.7 Å². The molecule has 25 heavy (non-hydrogen) atoms. The Labute approximate surface area is 148 Å². The molecule has 0 unspecified atom stereocenters. The molecular weight excluding hydrogens is 336 g/mol. The van der Waals surface area contributed by atoms with Gasteiger partial charge >= 0.3 is 0 Å². The van der Waals surface area contributed by atoms with Gasteiger partial charge in [-0.05, 0) is 31.3 Å². The molecule has 0 N–H and O–H groups in total. The molecule has 0 radical (unpaired) electrons. The fraction of sp³-hybridized carbons (Fsp3) is 0.333. The summed E-state index contributed by atoms with van der Waals surface area (Å²) in [4.78, 5) is 32.0. The van der Waals surface area contributed by atoms with Gasteiger partial charge in [-0.15, -0.1) is 0 Å². The molecule has 1 saturated heterocycles. The van der Waals surface area contributed by atoms with E-state index >= 15 is 0 Å². The van der Waals surface area contributed by atoms with Gasteiger partial charge in [-0.25, -0.2) is 4.98 Å². The first-order chi connectivity index (χ1) is 12.1. The lowest BCUT2D eigenvalue weighted by Gasteiger charge is -2.15. The predicted octanol–water partition coefficient (Wildman–Crippen LogP) is 2.45. The maximum Gasteiger partial charge on any atom is 0.264 e. The summed E-state index contributed by atoms with van der Waals surface area (Å²) in [6, 6.07) is 7.89. The molecule has 0 atom stereocenters. The summed E-state index contributed by atoms with van der Waals surface area (Å²) >= 11 is 1.21. The van der Waals surface area contributed by atoms with Gasteiger partial charge < -0.3 is 4.90 Å². The number of carbonyl (C=O) groups excluding carboxylic acids is 1. The molecule has 0 aliphatic carbocycles. The number of benzene rings is 1. The fourth-order valence-corrected chi connectivity index (χ4v) is 3.86. The van der Waals surface area contributed by atoms with E-state index in [9.17, 15) is 9.59 Å². The fourth-order valence-electron chi connectivity index (χ4n) is 3.11. The van der Waals surface area contributed by atoms with E-state index in [-0.39, 0.29) is 18.0 Å². The van der Waals surface area contributed by atoms with Crippen molar-refractivity contribution in [1.82, 2.24) is 18.8 Å². The van der Waals surface area contributed by atoms with Crippen LogP contribution in [0, 0.1) is 6.92 Å². The first-order valence-corrected chi connectivity index (χ1v) is 9.10. The summed E-state index contributed by atoms with van der Waals surface area (Å²) in [7, 11) is 0. The van der Waals surface area contributed by atoms with Gasteiger partial charge in [-0.2, -0.15) is 4.37 Å². The quantitative estimate of drug-likeness (QED) is 0.724. The minimum absolute atomic E-state index is 0.0270. The third-order valence-electron chi connectivity index (χ3n) is 4.55. The standard InChI is InChI=1S/C18H18N4O2S/c1-12-4-6-13(7-5-12)16-15-17(25-20-16)19-11-22(18(15)24)10-14(23)21-8-2-3-9-21/h4-7,11H,2-3,8-10H2,1H3. The normalized spacial score (nSPS) is 14.4. The predicted molar refractivity (Wildman–Crippen MR) is 97.7 cm³/mol. The molecule has 6 nitrogen and oxygen atoms in total. The van der Waals surface area contributed by atoms with Gasteiger partial charge in [0.1, 0.15) is 11.9 Å². The van der Waals surface area contributed by atoms with Gasteiger partial charge in [-0.3, -0.25) is 14.2 Å². The Hall–Kier alpha value is -2.54. The SMILES string of the molecule is Cc1ccc(-c2nsc3ncn(CC(=O)N4CCCC4)c(=O)c23)cc1. The summed E-state index contributed by atoms with van der Waals surface area (Å²) in [5.41, 5.74) is 2.47. The monoisotopic (exact) mass is 354 g/mol. The number of carbonyl (C=O) groups is 1. The van der Waals surface area contributed by atoms with Crippen LogP contribution < -0.4 is 5.56 Å². The van der Waals surface area contributed by atoms with Gasteiger partial charge in [-0.1, -0.05) is 29.8 Å². The second-order valence-electron chi connectivity index (χ2n) is 6.34. The van der Waals surface area contributed by atoms with Crippen LogP contribution in [0.1, 0.15) is 18.4 Å². The molecule has 3 aromatic rings. The molecule has 4 rings (SSSR count). The average Bonchev–Trinajstić information content (AvgIpc) is 3.28. The Morgan fingerprint density at radius 2 is 1.92 bits per heavy atom. The number of amides is 1. The van der Waals surface area contributed by atoms with Crippen molar-refractivity contribution < 1.29 is 4.79 Å². The molecule has 1 aromatic carbocycles. The van der Waals surface area contributed by atoms with Crippen LogP contribution in [-0.4, -0.2) is 37.8 Å². The second-order valence-corrected chi connectivity index (χ2v) is 7.09. The largest absolute Gasteiger partial charge is 0.341 e. The highest BCUT2D eigenvalue weighted by atomic mass is 32.1. The van der Waals surface area contributed by atoms with Crippen LogP contribution >= 0.6 is 11.5 Å². The molecular formula is C18H18N4O2S. The van der Waals surface area contributed by atoms with Crippen molar-refractivity contribution in [2.75, 3.05) is 13.1 Å². The van der Waals surface area contributed by atoms with Crippen LogP contribution in [0.4, 0.5) is 0 Å². The van der Waals surface area contributed by atoms with Gasteiger partial charge in [0.25, 0.3) is 5.56 Å². The number of fused-ring (bicyclic) bond motifs is 1. The molecule has 0 bridgehead atoms. The molecule has 1 aliphatic heterocycles. The van der Waals surface area contributed by atoms with E-state index < -0.39 is 0 Å². The van der Waals surface area contributed by atoms with Crippen molar-refractivity contribution in [2.45, 2.75) is 26.3 Å². The smallest absolute Gasteiger partial charge is 0.264 e. The van der Waals surface area contributed by atoms with E-state index in [4.69, 9.17) is 0 Å². The van der Waals surface area contributed by atoms with Crippen LogP contribution in [0.5, 0.6) is 0 Å². The zero-order chi connectivity index (χ0) is 17.4. The van der Waals surface area contributed by atoms with E-state index in [1.165, 1.54) is 22.4 Å². The number of rotatable bonds is 3. The summed E-state index contributed by atoms with van der Waals surface area (Å²) in [6.07, 6.45) is 3.52. The van der Waals surface area contributed by atoms with Crippen molar-refractivity contribution in [3.63, 3.8) is 0 Å². The number of likely N-dealkylation sites (tertiary alicyclic amines) is 1.